The van der Waals surface area contributed by atoms with Gasteiger partial charge in [-0.05, 0) is 20.8 Å². The summed E-state index contributed by atoms with van der Waals surface area (Å²) < 4.78 is 13.8. The van der Waals surface area contributed by atoms with Crippen LogP contribution >= 0.6 is 8.25 Å². The van der Waals surface area contributed by atoms with Gasteiger partial charge in [-0.25, -0.2) is 0 Å². The van der Waals surface area contributed by atoms with Gasteiger partial charge in [0.1, 0.15) is 5.60 Å². The summed E-state index contributed by atoms with van der Waals surface area (Å²) in [6, 6.07) is 0. The highest BCUT2D eigenvalue weighted by molar-refractivity contribution is 7.31. The lowest BCUT2D eigenvalue weighted by atomic mass is 10.2. The van der Waals surface area contributed by atoms with Crippen LogP contribution in [-0.4, -0.2) is 10.5 Å². The predicted octanol–water partition coefficient (Wildman–Crippen LogP) is 1.38. The molecule has 0 spiro atoms. The third-order valence-electron chi connectivity index (χ3n) is 0.351. The Bertz CT molecular complexity index is 106. The van der Waals surface area contributed by atoms with Crippen LogP contribution in [0.3, 0.4) is 0 Å². The fraction of sp³-hybridized carbons (Fsp3) is 1.00. The molecule has 0 aromatic carbocycles. The molecule has 0 fully saturated rings. The first-order valence-electron chi connectivity index (χ1n) is 2.44. The van der Waals surface area contributed by atoms with Crippen LogP contribution in [-0.2, 0) is 14.1 Å². The molecule has 0 aromatic heterocycles. The van der Waals surface area contributed by atoms with Crippen molar-refractivity contribution in [3.8, 4) is 0 Å². The highest BCUT2D eigenvalue weighted by Crippen LogP contribution is 2.19. The Kier molecular flexibility index (Phi) is 3.22. The van der Waals surface area contributed by atoms with Crippen molar-refractivity contribution in [2.75, 3.05) is 0 Å². The van der Waals surface area contributed by atoms with E-state index in [1.165, 1.54) is 0 Å². The molecule has 0 aliphatic carbocycles. The van der Waals surface area contributed by atoms with Crippen LogP contribution in [0.15, 0.2) is 0 Å². The maximum absolute atomic E-state index is 9.85. The smallest absolute Gasteiger partial charge is 0.181 e. The van der Waals surface area contributed by atoms with Gasteiger partial charge in [0, 0.05) is 4.57 Å². The van der Waals surface area contributed by atoms with E-state index in [1.54, 1.807) is 20.8 Å². The largest absolute Gasteiger partial charge is 0.726 e. The molecule has 0 saturated carbocycles. The van der Waals surface area contributed by atoms with Crippen molar-refractivity contribution in [3.63, 3.8) is 0 Å². The van der Waals surface area contributed by atoms with Crippen LogP contribution in [0, 0.1) is 0 Å². The molecule has 5 heteroatoms. The van der Waals surface area contributed by atoms with Gasteiger partial charge in [0.05, 0.1) is 4.67 Å². The number of hydrogen-bond acceptors (Lipinski definition) is 3. The molecule has 4 nitrogen and oxygen atoms in total. The molecule has 0 aliphatic rings. The van der Waals surface area contributed by atoms with Gasteiger partial charge >= 0.3 is 8.25 Å². The van der Waals surface area contributed by atoms with Crippen molar-refractivity contribution in [3.05, 3.63) is 0 Å². The predicted molar refractivity (Wildman–Crippen MR) is 31.7 cm³/mol. The molecule has 0 saturated heterocycles. The molecule has 1 N–H and O–H groups in total. The minimum Gasteiger partial charge on any atom is -0.181 e. The van der Waals surface area contributed by atoms with Crippen LogP contribution in [0.25, 0.3) is 0 Å². The first-order chi connectivity index (χ1) is 3.92. The summed E-state index contributed by atoms with van der Waals surface area (Å²) in [4.78, 5) is 12.5. The van der Waals surface area contributed by atoms with Crippen LogP contribution < -0.4 is 0 Å². The quantitative estimate of drug-likeness (QED) is 0.370. The Morgan fingerprint density at radius 1 is 1.44 bits per heavy atom. The van der Waals surface area contributed by atoms with E-state index in [1.807, 2.05) is 0 Å². The molecule has 1 atom stereocenters. The Hall–Kier alpha value is -0.0200. The lowest BCUT2D eigenvalue weighted by molar-refractivity contribution is -0.275. The van der Waals surface area contributed by atoms with Crippen molar-refractivity contribution < 1.29 is 19.0 Å². The average molecular weight is 153 g/mol. The summed E-state index contributed by atoms with van der Waals surface area (Å²) in [5.74, 6) is 0. The van der Waals surface area contributed by atoms with Gasteiger partial charge in [-0.3, -0.25) is 0 Å². The Balaban J connectivity index is 3.39. The molecule has 0 radical (unpaired) electrons. The normalized spacial score (nSPS) is 13.6. The molecule has 0 aliphatic heterocycles. The summed E-state index contributed by atoms with van der Waals surface area (Å²) in [6.45, 7) is 5.14. The van der Waals surface area contributed by atoms with Gasteiger partial charge < -0.3 is 0 Å². The lowest BCUT2D eigenvalue weighted by Gasteiger charge is -2.10. The van der Waals surface area contributed by atoms with E-state index in [0.717, 1.165) is 0 Å². The Morgan fingerprint density at radius 2 is 1.89 bits per heavy atom. The minimum absolute atomic E-state index is 0.534. The zero-order valence-electron chi connectivity index (χ0n) is 5.62. The fourth-order valence-electron chi connectivity index (χ4n) is 0.144. The van der Waals surface area contributed by atoms with Crippen molar-refractivity contribution in [1.29, 1.82) is 0 Å². The fourth-order valence-corrected chi connectivity index (χ4v) is 0.431. The first kappa shape index (κ1) is 8.98. The second-order valence-corrected chi connectivity index (χ2v) is 3.13. The first-order valence-corrected chi connectivity index (χ1v) is 3.57. The summed E-state index contributed by atoms with van der Waals surface area (Å²) in [5.41, 5.74) is -0.534. The standard InChI is InChI=1S/C4H9O4P/c1-4(2,3)7-8-9(5)6/h1-3H3/p+1. The zero-order valence-corrected chi connectivity index (χ0v) is 6.51. The van der Waals surface area contributed by atoms with Crippen molar-refractivity contribution in [1.82, 2.24) is 0 Å². The molecular weight excluding hydrogens is 143 g/mol. The third-order valence-corrected chi connectivity index (χ3v) is 0.553. The lowest BCUT2D eigenvalue weighted by Crippen LogP contribution is -2.17. The van der Waals surface area contributed by atoms with Gasteiger partial charge in [-0.1, -0.05) is 0 Å². The maximum Gasteiger partial charge on any atom is 0.726 e. The van der Waals surface area contributed by atoms with Gasteiger partial charge in [-0.2, -0.15) is 4.89 Å². The van der Waals surface area contributed by atoms with Crippen LogP contribution in [0.4, 0.5) is 0 Å². The van der Waals surface area contributed by atoms with Crippen LogP contribution in [0.1, 0.15) is 20.8 Å². The second-order valence-electron chi connectivity index (χ2n) is 2.51. The highest BCUT2D eigenvalue weighted by Gasteiger charge is 2.21. The van der Waals surface area contributed by atoms with Gasteiger partial charge in [0.15, 0.2) is 0 Å². The van der Waals surface area contributed by atoms with E-state index in [-0.39, 0.29) is 0 Å². The summed E-state index contributed by atoms with van der Waals surface area (Å²) in [7, 11) is -2.64. The molecule has 1 unspecified atom stereocenters. The Labute approximate surface area is 54.7 Å². The van der Waals surface area contributed by atoms with Crippen molar-refractivity contribution in [2.45, 2.75) is 26.4 Å². The maximum atomic E-state index is 9.85. The SMILES string of the molecule is CC(C)(C)OO[P+](=O)O. The van der Waals surface area contributed by atoms with E-state index in [2.05, 4.69) is 9.56 Å². The van der Waals surface area contributed by atoms with E-state index in [4.69, 9.17) is 4.89 Å². The van der Waals surface area contributed by atoms with Crippen molar-refractivity contribution >= 4 is 8.25 Å². The Morgan fingerprint density at radius 3 is 2.00 bits per heavy atom. The molecule has 54 valence electrons. The van der Waals surface area contributed by atoms with Crippen LogP contribution in [0.5, 0.6) is 0 Å². The topological polar surface area (TPSA) is 55.8 Å². The van der Waals surface area contributed by atoms with Crippen LogP contribution in [0.2, 0.25) is 0 Å². The van der Waals surface area contributed by atoms with E-state index in [0.29, 0.717) is 0 Å². The van der Waals surface area contributed by atoms with Crippen molar-refractivity contribution in [2.24, 2.45) is 0 Å². The third kappa shape index (κ3) is 7.98. The minimum atomic E-state index is -2.64. The summed E-state index contributed by atoms with van der Waals surface area (Å²) in [6.07, 6.45) is 0. The molecule has 0 rings (SSSR count). The zero-order chi connectivity index (χ0) is 7.49. The molecule has 9 heavy (non-hydrogen) atoms. The van der Waals surface area contributed by atoms with Gasteiger partial charge in [0.25, 0.3) is 0 Å². The molecular formula is C4H10O4P+. The monoisotopic (exact) mass is 153 g/mol. The van der Waals surface area contributed by atoms with Gasteiger partial charge in [-0.15, -0.1) is 4.89 Å². The second kappa shape index (κ2) is 3.22. The van der Waals surface area contributed by atoms with Gasteiger partial charge in [0.2, 0.25) is 0 Å². The summed E-state index contributed by atoms with van der Waals surface area (Å²) in [5, 5.41) is 0. The van der Waals surface area contributed by atoms with E-state index in [9.17, 15) is 4.57 Å². The van der Waals surface area contributed by atoms with E-state index < -0.39 is 13.9 Å². The molecule has 0 bridgehead atoms. The highest BCUT2D eigenvalue weighted by atomic mass is 31.1. The number of rotatable bonds is 2. The molecule has 0 amide bonds. The average Bonchev–Trinajstić information content (AvgIpc) is 1.59. The summed E-state index contributed by atoms with van der Waals surface area (Å²) >= 11 is 0. The molecule has 0 aromatic rings. The number of hydrogen-bond donors (Lipinski definition) is 1. The van der Waals surface area contributed by atoms with E-state index >= 15 is 0 Å². The molecule has 0 heterocycles.